The van der Waals surface area contributed by atoms with Crippen LogP contribution < -0.4 is 9.47 Å². The number of piperidine rings is 1. The fourth-order valence-corrected chi connectivity index (χ4v) is 4.10. The van der Waals surface area contributed by atoms with Crippen LogP contribution in [0, 0.1) is 0 Å². The van der Waals surface area contributed by atoms with Gasteiger partial charge in [-0.2, -0.15) is 0 Å². The van der Waals surface area contributed by atoms with E-state index in [4.69, 9.17) is 9.47 Å². The summed E-state index contributed by atoms with van der Waals surface area (Å²) in [5.74, 6) is 2.75. The number of rotatable bonds is 6. The van der Waals surface area contributed by atoms with Gasteiger partial charge in [0.2, 0.25) is 6.41 Å². The Morgan fingerprint density at radius 2 is 1.83 bits per heavy atom. The SMILES string of the molecule is COc1ccc(-c2ccc(C3CC(c4ncc[nH]4)CCN3C=O)cc2)cc1OC. The lowest BCUT2D eigenvalue weighted by Gasteiger charge is -2.37. The molecule has 150 valence electrons. The van der Waals surface area contributed by atoms with Gasteiger partial charge in [-0.1, -0.05) is 30.3 Å². The highest BCUT2D eigenvalue weighted by Gasteiger charge is 2.30. The summed E-state index contributed by atoms with van der Waals surface area (Å²) < 4.78 is 10.7. The van der Waals surface area contributed by atoms with Crippen molar-refractivity contribution in [1.29, 1.82) is 0 Å². The normalized spacial score (nSPS) is 19.0. The van der Waals surface area contributed by atoms with E-state index in [1.165, 1.54) is 0 Å². The van der Waals surface area contributed by atoms with Crippen LogP contribution in [-0.2, 0) is 4.79 Å². The number of amides is 1. The number of nitrogens with one attached hydrogen (secondary N) is 1. The average Bonchev–Trinajstić information content (AvgIpc) is 3.33. The Hall–Kier alpha value is -3.28. The first-order valence-electron chi connectivity index (χ1n) is 9.76. The van der Waals surface area contributed by atoms with Crippen LogP contribution in [0.1, 0.15) is 36.2 Å². The Morgan fingerprint density at radius 3 is 2.48 bits per heavy atom. The molecule has 6 heteroatoms. The van der Waals surface area contributed by atoms with E-state index in [2.05, 4.69) is 34.2 Å². The molecule has 3 aromatic rings. The van der Waals surface area contributed by atoms with Gasteiger partial charge in [0.15, 0.2) is 11.5 Å². The Bertz CT molecular complexity index is 954. The maximum atomic E-state index is 11.6. The van der Waals surface area contributed by atoms with Crippen molar-refractivity contribution in [3.05, 3.63) is 66.2 Å². The summed E-state index contributed by atoms with van der Waals surface area (Å²) >= 11 is 0. The van der Waals surface area contributed by atoms with Gasteiger partial charge < -0.3 is 19.4 Å². The number of hydrogen-bond donors (Lipinski definition) is 1. The Morgan fingerprint density at radius 1 is 1.07 bits per heavy atom. The van der Waals surface area contributed by atoms with Crippen LogP contribution >= 0.6 is 0 Å². The van der Waals surface area contributed by atoms with Gasteiger partial charge in [-0.3, -0.25) is 4.79 Å². The van der Waals surface area contributed by atoms with E-state index in [0.29, 0.717) is 17.4 Å². The van der Waals surface area contributed by atoms with Gasteiger partial charge in [-0.05, 0) is 41.7 Å². The zero-order valence-corrected chi connectivity index (χ0v) is 16.7. The zero-order chi connectivity index (χ0) is 20.2. The molecule has 1 N–H and O–H groups in total. The molecule has 2 heterocycles. The first kappa shape index (κ1) is 19.1. The monoisotopic (exact) mass is 391 g/mol. The number of aromatic nitrogens is 2. The van der Waals surface area contributed by atoms with Crippen molar-refractivity contribution in [3.63, 3.8) is 0 Å². The van der Waals surface area contributed by atoms with Crippen molar-refractivity contribution in [2.75, 3.05) is 20.8 Å². The number of H-pyrrole nitrogens is 1. The van der Waals surface area contributed by atoms with Crippen LogP contribution in [-0.4, -0.2) is 42.0 Å². The summed E-state index contributed by atoms with van der Waals surface area (Å²) in [5.41, 5.74) is 3.28. The first-order valence-corrected chi connectivity index (χ1v) is 9.76. The molecule has 2 atom stereocenters. The van der Waals surface area contributed by atoms with Gasteiger partial charge in [-0.25, -0.2) is 4.98 Å². The van der Waals surface area contributed by atoms with Crippen molar-refractivity contribution in [3.8, 4) is 22.6 Å². The molecule has 0 bridgehead atoms. The predicted octanol–water partition coefficient (Wildman–Crippen LogP) is 4.17. The zero-order valence-electron chi connectivity index (χ0n) is 16.7. The van der Waals surface area contributed by atoms with E-state index in [-0.39, 0.29) is 6.04 Å². The minimum atomic E-state index is 0.0517. The number of aromatic amines is 1. The number of likely N-dealkylation sites (tertiary alicyclic amines) is 1. The molecular formula is C23H25N3O3. The smallest absolute Gasteiger partial charge is 0.210 e. The molecule has 4 rings (SSSR count). The fourth-order valence-electron chi connectivity index (χ4n) is 4.10. The van der Waals surface area contributed by atoms with Gasteiger partial charge in [0.1, 0.15) is 5.82 Å². The number of hydrogen-bond acceptors (Lipinski definition) is 4. The van der Waals surface area contributed by atoms with Gasteiger partial charge in [-0.15, -0.1) is 0 Å². The van der Waals surface area contributed by atoms with E-state index in [9.17, 15) is 4.79 Å². The molecule has 6 nitrogen and oxygen atoms in total. The van der Waals surface area contributed by atoms with Crippen LogP contribution in [0.5, 0.6) is 11.5 Å². The second-order valence-electron chi connectivity index (χ2n) is 7.25. The quantitative estimate of drug-likeness (QED) is 0.641. The van der Waals surface area contributed by atoms with Crippen molar-refractivity contribution in [2.24, 2.45) is 0 Å². The van der Waals surface area contributed by atoms with E-state index < -0.39 is 0 Å². The second-order valence-corrected chi connectivity index (χ2v) is 7.25. The molecule has 0 aliphatic carbocycles. The van der Waals surface area contributed by atoms with Crippen LogP contribution in [0.3, 0.4) is 0 Å². The minimum absolute atomic E-state index is 0.0517. The molecule has 0 saturated carbocycles. The molecular weight excluding hydrogens is 366 g/mol. The third kappa shape index (κ3) is 3.83. The van der Waals surface area contributed by atoms with Gasteiger partial charge in [0.05, 0.1) is 20.3 Å². The van der Waals surface area contributed by atoms with Gasteiger partial charge in [0.25, 0.3) is 0 Å². The van der Waals surface area contributed by atoms with E-state index in [1.807, 2.05) is 29.3 Å². The third-order valence-corrected chi connectivity index (χ3v) is 5.70. The summed E-state index contributed by atoms with van der Waals surface area (Å²) in [7, 11) is 3.27. The molecule has 0 spiro atoms. The first-order chi connectivity index (χ1) is 14.2. The summed E-state index contributed by atoms with van der Waals surface area (Å²) in [6.45, 7) is 0.733. The molecule has 1 aromatic heterocycles. The number of carbonyl (C=O) groups excluding carboxylic acids is 1. The van der Waals surface area contributed by atoms with Crippen molar-refractivity contribution in [1.82, 2.24) is 14.9 Å². The van der Waals surface area contributed by atoms with Crippen LogP contribution in [0.25, 0.3) is 11.1 Å². The Labute approximate surface area is 170 Å². The minimum Gasteiger partial charge on any atom is -0.493 e. The summed E-state index contributed by atoms with van der Waals surface area (Å²) in [4.78, 5) is 21.2. The number of methoxy groups -OCH3 is 2. The molecule has 0 radical (unpaired) electrons. The molecule has 1 saturated heterocycles. The maximum Gasteiger partial charge on any atom is 0.210 e. The number of benzene rings is 2. The standard InChI is InChI=1S/C23H25N3O3/c1-28-21-8-7-18(14-22(21)29-2)16-3-5-17(6-4-16)20-13-19(9-12-26(20)15-27)23-24-10-11-25-23/h3-8,10-11,14-15,19-20H,9,12-13H2,1-2H3,(H,24,25). The third-order valence-electron chi connectivity index (χ3n) is 5.70. The predicted molar refractivity (Wildman–Crippen MR) is 111 cm³/mol. The van der Waals surface area contributed by atoms with E-state index >= 15 is 0 Å². The molecule has 1 aliphatic heterocycles. The molecule has 2 aromatic carbocycles. The molecule has 2 unspecified atom stereocenters. The van der Waals surface area contributed by atoms with Crippen LogP contribution in [0.2, 0.25) is 0 Å². The largest absolute Gasteiger partial charge is 0.493 e. The lowest BCUT2D eigenvalue weighted by atomic mass is 9.86. The molecule has 1 amide bonds. The Balaban J connectivity index is 1.58. The molecule has 1 fully saturated rings. The van der Waals surface area contributed by atoms with Crippen molar-refractivity contribution < 1.29 is 14.3 Å². The Kier molecular flexibility index (Phi) is 5.51. The second kappa shape index (κ2) is 8.39. The average molecular weight is 391 g/mol. The van der Waals surface area contributed by atoms with Crippen LogP contribution in [0.4, 0.5) is 0 Å². The highest BCUT2D eigenvalue weighted by Crippen LogP contribution is 2.38. The van der Waals surface area contributed by atoms with E-state index in [1.54, 1.807) is 20.4 Å². The summed E-state index contributed by atoms with van der Waals surface area (Å²) in [6.07, 6.45) is 6.39. The van der Waals surface area contributed by atoms with Crippen LogP contribution in [0.15, 0.2) is 54.9 Å². The van der Waals surface area contributed by atoms with Crippen molar-refractivity contribution >= 4 is 6.41 Å². The highest BCUT2D eigenvalue weighted by molar-refractivity contribution is 5.67. The topological polar surface area (TPSA) is 67.5 Å². The number of ether oxygens (including phenoxy) is 2. The van der Waals surface area contributed by atoms with Gasteiger partial charge in [0, 0.05) is 24.9 Å². The number of nitrogens with zero attached hydrogens (tertiary/aromatic N) is 2. The van der Waals surface area contributed by atoms with Crippen molar-refractivity contribution in [2.45, 2.75) is 24.8 Å². The maximum absolute atomic E-state index is 11.6. The molecule has 1 aliphatic rings. The fraction of sp³-hybridized carbons (Fsp3) is 0.304. The number of carbonyl (C=O) groups is 1. The lowest BCUT2D eigenvalue weighted by molar-refractivity contribution is -0.121. The molecule has 29 heavy (non-hydrogen) atoms. The summed E-state index contributed by atoms with van der Waals surface area (Å²) in [6, 6.07) is 14.4. The van der Waals surface area contributed by atoms with E-state index in [0.717, 1.165) is 48.3 Å². The lowest BCUT2D eigenvalue weighted by Crippen LogP contribution is -2.35. The van der Waals surface area contributed by atoms with Gasteiger partial charge >= 0.3 is 0 Å². The summed E-state index contributed by atoms with van der Waals surface area (Å²) in [5, 5.41) is 0. The highest BCUT2D eigenvalue weighted by atomic mass is 16.5. The number of imidazole rings is 1.